The molecule has 0 bridgehead atoms. The van der Waals surface area contributed by atoms with Crippen molar-refractivity contribution >= 4 is 46.7 Å². The van der Waals surface area contributed by atoms with Crippen molar-refractivity contribution in [2.45, 2.75) is 44.7 Å². The van der Waals surface area contributed by atoms with Gasteiger partial charge in [0.25, 0.3) is 0 Å². The van der Waals surface area contributed by atoms with Crippen molar-refractivity contribution in [3.8, 4) is 0 Å². The molecule has 2 fully saturated rings. The predicted molar refractivity (Wildman–Crippen MR) is 96.6 cm³/mol. The van der Waals surface area contributed by atoms with Crippen LogP contribution in [0.15, 0.2) is 12.1 Å². The number of carbonyl (C=O) groups is 4. The van der Waals surface area contributed by atoms with Gasteiger partial charge < -0.3 is 4.90 Å². The third-order valence-corrected chi connectivity index (χ3v) is 5.98. The van der Waals surface area contributed by atoms with Crippen LogP contribution in [0.3, 0.4) is 0 Å². The molecule has 5 amide bonds. The molecule has 1 aromatic heterocycles. The number of urea groups is 1. The van der Waals surface area contributed by atoms with Crippen molar-refractivity contribution in [2.24, 2.45) is 0 Å². The maximum atomic E-state index is 12.6. The number of nitrogens with zero attached hydrogens (tertiary/aromatic N) is 3. The summed E-state index contributed by atoms with van der Waals surface area (Å²) in [4.78, 5) is 53.6. The molecule has 1 aromatic rings. The largest absolute Gasteiger partial charge is 0.339 e. The van der Waals surface area contributed by atoms with Crippen molar-refractivity contribution < 1.29 is 19.2 Å². The lowest BCUT2D eigenvalue weighted by Gasteiger charge is -2.28. The first-order valence-corrected chi connectivity index (χ1v) is 9.75. The van der Waals surface area contributed by atoms with Crippen molar-refractivity contribution in [3.63, 3.8) is 0 Å². The van der Waals surface area contributed by atoms with Gasteiger partial charge in [-0.3, -0.25) is 19.3 Å². The second kappa shape index (κ2) is 7.75. The lowest BCUT2D eigenvalue weighted by atomic mass is 9.94. The summed E-state index contributed by atoms with van der Waals surface area (Å²) in [5.74, 6) is -2.14. The molecule has 1 aliphatic carbocycles. The zero-order valence-electron chi connectivity index (χ0n) is 14.4. The van der Waals surface area contributed by atoms with E-state index in [4.69, 9.17) is 11.6 Å². The van der Waals surface area contributed by atoms with Crippen LogP contribution in [0.4, 0.5) is 4.79 Å². The Morgan fingerprint density at radius 2 is 1.88 bits per heavy atom. The van der Waals surface area contributed by atoms with Crippen LogP contribution in [0.1, 0.15) is 37.0 Å². The fourth-order valence-electron chi connectivity index (χ4n) is 3.34. The van der Waals surface area contributed by atoms with Gasteiger partial charge in [-0.15, -0.1) is 11.3 Å². The van der Waals surface area contributed by atoms with Crippen LogP contribution in [0.2, 0.25) is 4.34 Å². The number of hydrogen-bond donors (Lipinski definition) is 0. The third-order valence-electron chi connectivity index (χ3n) is 4.76. The normalized spacial score (nSPS) is 18.8. The van der Waals surface area contributed by atoms with Crippen LogP contribution in [0.25, 0.3) is 0 Å². The smallest absolute Gasteiger partial charge is 0.334 e. The standard InChI is InChI=1S/C17H20ClN3O4S/c1-19(9-12-7-8-13(18)26-12)14(22)10-20-15(23)16(24)21(17(20)25)11-5-3-2-4-6-11/h7-8,11H,2-6,9-10H2,1H3. The van der Waals surface area contributed by atoms with Gasteiger partial charge in [0, 0.05) is 18.0 Å². The number of carbonyl (C=O) groups excluding carboxylic acids is 4. The molecule has 1 aliphatic heterocycles. The average Bonchev–Trinajstić information content (AvgIpc) is 3.12. The Kier molecular flexibility index (Phi) is 5.62. The fraction of sp³-hybridized carbons (Fsp3) is 0.529. The summed E-state index contributed by atoms with van der Waals surface area (Å²) in [6.45, 7) is -0.102. The van der Waals surface area contributed by atoms with Gasteiger partial charge in [0.2, 0.25) is 5.91 Å². The molecule has 0 radical (unpaired) electrons. The molecule has 3 rings (SSSR count). The van der Waals surface area contributed by atoms with E-state index < -0.39 is 30.3 Å². The third kappa shape index (κ3) is 3.76. The summed E-state index contributed by atoms with van der Waals surface area (Å²) in [5, 5.41) is 0. The van der Waals surface area contributed by atoms with Gasteiger partial charge in [0.05, 0.1) is 10.9 Å². The molecule has 0 spiro atoms. The zero-order chi connectivity index (χ0) is 18.8. The van der Waals surface area contributed by atoms with E-state index in [1.807, 2.05) is 6.07 Å². The Hall–Kier alpha value is -1.93. The fourth-order valence-corrected chi connectivity index (χ4v) is 4.48. The van der Waals surface area contributed by atoms with Crippen LogP contribution < -0.4 is 0 Å². The lowest BCUT2D eigenvalue weighted by molar-refractivity contribution is -0.145. The van der Waals surface area contributed by atoms with Crippen LogP contribution in [0, 0.1) is 0 Å². The van der Waals surface area contributed by atoms with Crippen LogP contribution in [-0.2, 0) is 20.9 Å². The number of amides is 5. The number of halogens is 1. The number of imide groups is 2. The Morgan fingerprint density at radius 3 is 2.50 bits per heavy atom. The molecule has 0 atom stereocenters. The van der Waals surface area contributed by atoms with E-state index in [2.05, 4.69) is 0 Å². The van der Waals surface area contributed by atoms with Gasteiger partial charge in [-0.1, -0.05) is 30.9 Å². The van der Waals surface area contributed by atoms with E-state index in [1.165, 1.54) is 16.2 Å². The van der Waals surface area contributed by atoms with E-state index in [1.54, 1.807) is 13.1 Å². The highest BCUT2D eigenvalue weighted by atomic mass is 35.5. The highest BCUT2D eigenvalue weighted by Crippen LogP contribution is 2.27. The topological polar surface area (TPSA) is 78.0 Å². The van der Waals surface area contributed by atoms with Crippen molar-refractivity contribution in [1.29, 1.82) is 0 Å². The summed E-state index contributed by atoms with van der Waals surface area (Å²) in [7, 11) is 1.59. The quantitative estimate of drug-likeness (QED) is 0.565. The maximum Gasteiger partial charge on any atom is 0.334 e. The summed E-state index contributed by atoms with van der Waals surface area (Å²) >= 11 is 7.24. The minimum Gasteiger partial charge on any atom is -0.339 e. The lowest BCUT2D eigenvalue weighted by Crippen LogP contribution is -2.44. The molecular weight excluding hydrogens is 378 g/mol. The van der Waals surface area contributed by atoms with E-state index in [0.717, 1.165) is 33.9 Å². The number of likely N-dealkylation sites (N-methyl/N-ethyl adjacent to an activating group) is 1. The van der Waals surface area contributed by atoms with E-state index in [0.29, 0.717) is 23.7 Å². The molecule has 2 heterocycles. The Bertz CT molecular complexity index is 744. The molecule has 0 aromatic carbocycles. The summed E-state index contributed by atoms with van der Waals surface area (Å²) in [6.07, 6.45) is 4.36. The minimum absolute atomic E-state index is 0.237. The molecular formula is C17H20ClN3O4S. The second-order valence-corrected chi connectivity index (χ2v) is 8.40. The van der Waals surface area contributed by atoms with E-state index >= 15 is 0 Å². The molecule has 140 valence electrons. The van der Waals surface area contributed by atoms with Gasteiger partial charge in [-0.2, -0.15) is 0 Å². The Balaban J connectivity index is 1.64. The van der Waals surface area contributed by atoms with Gasteiger partial charge in [0.1, 0.15) is 6.54 Å². The molecule has 9 heteroatoms. The molecule has 26 heavy (non-hydrogen) atoms. The molecule has 0 unspecified atom stereocenters. The van der Waals surface area contributed by atoms with Crippen LogP contribution in [0.5, 0.6) is 0 Å². The van der Waals surface area contributed by atoms with Crippen molar-refractivity contribution in [2.75, 3.05) is 13.6 Å². The Morgan fingerprint density at radius 1 is 1.19 bits per heavy atom. The van der Waals surface area contributed by atoms with Gasteiger partial charge in [0.15, 0.2) is 0 Å². The minimum atomic E-state index is -0.915. The first-order valence-electron chi connectivity index (χ1n) is 8.55. The van der Waals surface area contributed by atoms with E-state index in [9.17, 15) is 19.2 Å². The molecule has 7 nitrogen and oxygen atoms in total. The number of thiophene rings is 1. The van der Waals surface area contributed by atoms with Crippen molar-refractivity contribution in [1.82, 2.24) is 14.7 Å². The molecule has 1 saturated carbocycles. The van der Waals surface area contributed by atoms with Gasteiger partial charge >= 0.3 is 17.8 Å². The first-order chi connectivity index (χ1) is 12.4. The van der Waals surface area contributed by atoms with Crippen LogP contribution in [-0.4, -0.2) is 58.1 Å². The zero-order valence-corrected chi connectivity index (χ0v) is 16.0. The Labute approximate surface area is 160 Å². The molecule has 1 saturated heterocycles. The summed E-state index contributed by atoms with van der Waals surface area (Å²) in [5.41, 5.74) is 0. The van der Waals surface area contributed by atoms with E-state index in [-0.39, 0.29) is 6.04 Å². The summed E-state index contributed by atoms with van der Waals surface area (Å²) in [6, 6.07) is 2.65. The van der Waals surface area contributed by atoms with Crippen molar-refractivity contribution in [3.05, 3.63) is 21.3 Å². The first kappa shape index (κ1) is 18.8. The molecule has 0 N–H and O–H groups in total. The second-order valence-electron chi connectivity index (χ2n) is 6.60. The number of rotatable bonds is 5. The molecule has 2 aliphatic rings. The SMILES string of the molecule is CN(Cc1ccc(Cl)s1)C(=O)CN1C(=O)C(=O)N(C2CCCCC2)C1=O. The predicted octanol–water partition coefficient (Wildman–Crippen LogP) is 2.48. The van der Waals surface area contributed by atoms with Crippen LogP contribution >= 0.6 is 22.9 Å². The average molecular weight is 398 g/mol. The number of hydrogen-bond acceptors (Lipinski definition) is 5. The van der Waals surface area contributed by atoms with Gasteiger partial charge in [-0.05, 0) is 25.0 Å². The highest BCUT2D eigenvalue weighted by molar-refractivity contribution is 7.16. The summed E-state index contributed by atoms with van der Waals surface area (Å²) < 4.78 is 0.625. The maximum absolute atomic E-state index is 12.6. The highest BCUT2D eigenvalue weighted by Gasteiger charge is 2.48. The van der Waals surface area contributed by atoms with Gasteiger partial charge in [-0.25, -0.2) is 9.69 Å². The monoisotopic (exact) mass is 397 g/mol.